The van der Waals surface area contributed by atoms with Gasteiger partial charge in [-0.25, -0.2) is 0 Å². The second-order valence-electron chi connectivity index (χ2n) is 2.35. The third kappa shape index (κ3) is 1.22. The number of nitrogens with one attached hydrogen (secondary N) is 1. The van der Waals surface area contributed by atoms with Gasteiger partial charge in [-0.3, -0.25) is 0 Å². The summed E-state index contributed by atoms with van der Waals surface area (Å²) in [7, 11) is 0. The van der Waals surface area contributed by atoms with Gasteiger partial charge in [0, 0.05) is 15.9 Å². The molecule has 1 aromatic heterocycles. The molecule has 1 aromatic carbocycles. The predicted octanol–water partition coefficient (Wildman–Crippen LogP) is 3.47. The Kier molecular flexibility index (Phi) is 1.55. The summed E-state index contributed by atoms with van der Waals surface area (Å²) < 4.78 is 0. The normalized spacial score (nSPS) is 10.7. The van der Waals surface area contributed by atoms with Gasteiger partial charge in [0.15, 0.2) is 0 Å². The van der Waals surface area contributed by atoms with Crippen molar-refractivity contribution in [1.82, 2.24) is 4.98 Å². The van der Waals surface area contributed by atoms with Gasteiger partial charge >= 0.3 is 0 Å². The zero-order valence-corrected chi connectivity index (χ0v) is 7.08. The number of hydrogen-bond acceptors (Lipinski definition) is 0. The third-order valence-electron chi connectivity index (χ3n) is 1.55. The van der Waals surface area contributed by atoms with E-state index in [0.717, 1.165) is 15.9 Å². The Morgan fingerprint density at radius 2 is 1.91 bits per heavy atom. The average molecular weight is 186 g/mol. The largest absolute Gasteiger partial charge is 0.346 e. The molecule has 0 aliphatic rings. The number of H-pyrrole nitrogens is 1. The Balaban J connectivity index is 2.82. The van der Waals surface area contributed by atoms with Crippen LogP contribution >= 0.6 is 23.2 Å². The monoisotopic (exact) mass is 185 g/mol. The fourth-order valence-electron chi connectivity index (χ4n) is 1.07. The van der Waals surface area contributed by atoms with Crippen molar-refractivity contribution in [3.05, 3.63) is 34.4 Å². The molecule has 0 saturated carbocycles. The van der Waals surface area contributed by atoms with Crippen LogP contribution in [0.3, 0.4) is 0 Å². The summed E-state index contributed by atoms with van der Waals surface area (Å²) in [5.74, 6) is 0. The minimum Gasteiger partial charge on any atom is -0.346 e. The van der Waals surface area contributed by atoms with Gasteiger partial charge in [0.2, 0.25) is 0 Å². The molecule has 11 heavy (non-hydrogen) atoms. The lowest BCUT2D eigenvalue weighted by atomic mass is 10.2. The molecule has 56 valence electrons. The SMILES string of the molecule is Clc1ccc2[nH]c(Cl)cc2c1. The van der Waals surface area contributed by atoms with Crippen molar-refractivity contribution in [1.29, 1.82) is 0 Å². The molecule has 0 unspecified atom stereocenters. The van der Waals surface area contributed by atoms with E-state index < -0.39 is 0 Å². The van der Waals surface area contributed by atoms with Crippen molar-refractivity contribution in [3.8, 4) is 0 Å². The van der Waals surface area contributed by atoms with E-state index in [-0.39, 0.29) is 0 Å². The molecule has 0 aliphatic heterocycles. The molecule has 0 bridgehead atoms. The number of hydrogen-bond donors (Lipinski definition) is 1. The zero-order chi connectivity index (χ0) is 7.84. The molecule has 0 spiro atoms. The fourth-order valence-corrected chi connectivity index (χ4v) is 1.47. The van der Waals surface area contributed by atoms with Gasteiger partial charge in [0.1, 0.15) is 5.15 Å². The summed E-state index contributed by atoms with van der Waals surface area (Å²) in [6, 6.07) is 7.46. The van der Waals surface area contributed by atoms with Crippen LogP contribution in [0.25, 0.3) is 10.9 Å². The number of halogens is 2. The molecule has 1 heterocycles. The Morgan fingerprint density at radius 1 is 1.09 bits per heavy atom. The smallest absolute Gasteiger partial charge is 0.107 e. The maximum Gasteiger partial charge on any atom is 0.107 e. The lowest BCUT2D eigenvalue weighted by molar-refractivity contribution is 1.48. The van der Waals surface area contributed by atoms with E-state index in [1.807, 2.05) is 24.3 Å². The quantitative estimate of drug-likeness (QED) is 0.648. The predicted molar refractivity (Wildman–Crippen MR) is 48.3 cm³/mol. The van der Waals surface area contributed by atoms with Gasteiger partial charge in [0.05, 0.1) is 0 Å². The van der Waals surface area contributed by atoms with E-state index in [1.54, 1.807) is 0 Å². The van der Waals surface area contributed by atoms with E-state index in [0.29, 0.717) is 5.15 Å². The molecular formula is C8H5Cl2N. The highest BCUT2D eigenvalue weighted by atomic mass is 35.5. The van der Waals surface area contributed by atoms with Crippen molar-refractivity contribution in [2.45, 2.75) is 0 Å². The highest BCUT2D eigenvalue weighted by Crippen LogP contribution is 2.21. The summed E-state index contributed by atoms with van der Waals surface area (Å²) >= 11 is 11.5. The number of benzene rings is 1. The molecule has 0 amide bonds. The highest BCUT2D eigenvalue weighted by Gasteiger charge is 1.97. The van der Waals surface area contributed by atoms with E-state index in [4.69, 9.17) is 23.2 Å². The first-order chi connectivity index (χ1) is 5.25. The first-order valence-corrected chi connectivity index (χ1v) is 3.95. The first-order valence-electron chi connectivity index (χ1n) is 3.19. The zero-order valence-electron chi connectivity index (χ0n) is 5.57. The van der Waals surface area contributed by atoms with Gasteiger partial charge in [-0.05, 0) is 24.3 Å². The summed E-state index contributed by atoms with van der Waals surface area (Å²) in [6.45, 7) is 0. The molecule has 1 N–H and O–H groups in total. The van der Waals surface area contributed by atoms with E-state index >= 15 is 0 Å². The number of aromatic amines is 1. The lowest BCUT2D eigenvalue weighted by Gasteiger charge is -1.88. The molecule has 0 fully saturated rings. The second kappa shape index (κ2) is 2.43. The number of rotatable bonds is 0. The van der Waals surface area contributed by atoms with Crippen molar-refractivity contribution >= 4 is 34.1 Å². The molecule has 0 saturated heterocycles. The van der Waals surface area contributed by atoms with Gasteiger partial charge in [-0.1, -0.05) is 23.2 Å². The minimum atomic E-state index is 0.641. The van der Waals surface area contributed by atoms with Crippen molar-refractivity contribution in [2.75, 3.05) is 0 Å². The van der Waals surface area contributed by atoms with E-state index in [2.05, 4.69) is 4.98 Å². The van der Waals surface area contributed by atoms with Crippen molar-refractivity contribution in [2.24, 2.45) is 0 Å². The molecular weight excluding hydrogens is 181 g/mol. The molecule has 0 aliphatic carbocycles. The third-order valence-corrected chi connectivity index (χ3v) is 1.99. The summed E-state index contributed by atoms with van der Waals surface area (Å²) in [4.78, 5) is 2.99. The second-order valence-corrected chi connectivity index (χ2v) is 3.19. The topological polar surface area (TPSA) is 15.8 Å². The Hall–Kier alpha value is -0.660. The Labute approximate surface area is 73.9 Å². The van der Waals surface area contributed by atoms with Crippen LogP contribution in [0.5, 0.6) is 0 Å². The van der Waals surface area contributed by atoms with Gasteiger partial charge in [0.25, 0.3) is 0 Å². The van der Waals surface area contributed by atoms with E-state index in [1.165, 1.54) is 0 Å². The minimum absolute atomic E-state index is 0.641. The molecule has 1 nitrogen and oxygen atoms in total. The molecule has 2 rings (SSSR count). The molecule has 0 radical (unpaired) electrons. The molecule has 0 atom stereocenters. The average Bonchev–Trinajstić information content (AvgIpc) is 2.27. The Morgan fingerprint density at radius 3 is 2.73 bits per heavy atom. The van der Waals surface area contributed by atoms with Crippen LogP contribution in [-0.4, -0.2) is 4.98 Å². The van der Waals surface area contributed by atoms with Gasteiger partial charge in [-0.15, -0.1) is 0 Å². The summed E-state index contributed by atoms with van der Waals surface area (Å²) in [5.41, 5.74) is 1.01. The van der Waals surface area contributed by atoms with Crippen molar-refractivity contribution in [3.63, 3.8) is 0 Å². The van der Waals surface area contributed by atoms with Gasteiger partial charge in [-0.2, -0.15) is 0 Å². The van der Waals surface area contributed by atoms with Crippen LogP contribution in [0.2, 0.25) is 10.2 Å². The fraction of sp³-hybridized carbons (Fsp3) is 0. The summed E-state index contributed by atoms with van der Waals surface area (Å²) in [6.07, 6.45) is 0. The van der Waals surface area contributed by atoms with Crippen LogP contribution < -0.4 is 0 Å². The van der Waals surface area contributed by atoms with E-state index in [9.17, 15) is 0 Å². The highest BCUT2D eigenvalue weighted by molar-refractivity contribution is 6.32. The lowest BCUT2D eigenvalue weighted by Crippen LogP contribution is -1.65. The maximum absolute atomic E-state index is 5.77. The van der Waals surface area contributed by atoms with Gasteiger partial charge < -0.3 is 4.98 Å². The number of fused-ring (bicyclic) bond motifs is 1. The summed E-state index contributed by atoms with van der Waals surface area (Å²) in [5, 5.41) is 2.41. The molecule has 2 aromatic rings. The molecule has 3 heteroatoms. The number of aromatic nitrogens is 1. The maximum atomic E-state index is 5.77. The van der Waals surface area contributed by atoms with Crippen LogP contribution in [0.1, 0.15) is 0 Å². The first kappa shape index (κ1) is 7.01. The Bertz CT molecular complexity index is 392. The standard InChI is InChI=1S/C8H5Cl2N/c9-6-1-2-7-5(3-6)4-8(10)11-7/h1-4,11H. The van der Waals surface area contributed by atoms with Crippen LogP contribution in [0, 0.1) is 0 Å². The van der Waals surface area contributed by atoms with Crippen molar-refractivity contribution < 1.29 is 0 Å². The van der Waals surface area contributed by atoms with Crippen LogP contribution in [-0.2, 0) is 0 Å². The van der Waals surface area contributed by atoms with Crippen LogP contribution in [0.15, 0.2) is 24.3 Å². The van der Waals surface area contributed by atoms with Crippen LogP contribution in [0.4, 0.5) is 0 Å².